The molecule has 0 saturated carbocycles. The summed E-state index contributed by atoms with van der Waals surface area (Å²) in [5.74, 6) is 0. The van der Waals surface area contributed by atoms with E-state index in [1.54, 1.807) is 6.07 Å². The fourth-order valence-electron chi connectivity index (χ4n) is 1.60. The van der Waals surface area contributed by atoms with Crippen LogP contribution in [-0.4, -0.2) is 10.1 Å². The Hall–Kier alpha value is -0.600. The minimum Gasteiger partial charge on any atom is -0.387 e. The van der Waals surface area contributed by atoms with Gasteiger partial charge in [-0.05, 0) is 30.9 Å². The maximum Gasteiger partial charge on any atom is 0.129 e. The molecular weight excluding hydrogens is 174 g/mol. The van der Waals surface area contributed by atoms with Gasteiger partial charge in [-0.1, -0.05) is 17.7 Å². The van der Waals surface area contributed by atoms with E-state index in [4.69, 9.17) is 11.6 Å². The molecule has 1 atom stereocenters. The summed E-state index contributed by atoms with van der Waals surface area (Å²) in [6, 6.07) is 3.73. The fraction of sp³-hybridized carbons (Fsp3) is 0.444. The zero-order valence-corrected chi connectivity index (χ0v) is 7.38. The van der Waals surface area contributed by atoms with Gasteiger partial charge < -0.3 is 5.11 Å². The van der Waals surface area contributed by atoms with Crippen molar-refractivity contribution < 1.29 is 5.11 Å². The van der Waals surface area contributed by atoms with Crippen LogP contribution in [0.2, 0.25) is 5.15 Å². The Kier molecular flexibility index (Phi) is 2.03. The molecule has 3 heteroatoms. The predicted molar refractivity (Wildman–Crippen MR) is 47.1 cm³/mol. The molecule has 0 aromatic carbocycles. The van der Waals surface area contributed by atoms with E-state index in [1.165, 1.54) is 0 Å². The number of nitrogens with zero attached hydrogens (tertiary/aromatic N) is 1. The normalized spacial score (nSPS) is 22.0. The topological polar surface area (TPSA) is 33.1 Å². The van der Waals surface area contributed by atoms with E-state index in [2.05, 4.69) is 4.98 Å². The molecule has 0 bridgehead atoms. The molecule has 12 heavy (non-hydrogen) atoms. The van der Waals surface area contributed by atoms with Crippen LogP contribution in [0.4, 0.5) is 0 Å². The highest BCUT2D eigenvalue weighted by atomic mass is 35.5. The standard InChI is InChI=1S/C9H10ClNO/c10-8-5-4-6-2-1-3-7(12)9(6)11-8/h4-5,7,12H,1-3H2/t7-/m0/s1. The number of aromatic nitrogens is 1. The van der Waals surface area contributed by atoms with Gasteiger partial charge in [0.1, 0.15) is 5.15 Å². The largest absolute Gasteiger partial charge is 0.387 e. The van der Waals surface area contributed by atoms with Crippen LogP contribution in [0, 0.1) is 0 Å². The smallest absolute Gasteiger partial charge is 0.129 e. The molecule has 1 N–H and O–H groups in total. The summed E-state index contributed by atoms with van der Waals surface area (Å²) in [5, 5.41) is 10.0. The van der Waals surface area contributed by atoms with Gasteiger partial charge in [0.25, 0.3) is 0 Å². The summed E-state index contributed by atoms with van der Waals surface area (Å²) in [5.41, 5.74) is 1.91. The van der Waals surface area contributed by atoms with Crippen LogP contribution in [0.25, 0.3) is 0 Å². The van der Waals surface area contributed by atoms with Crippen molar-refractivity contribution in [2.45, 2.75) is 25.4 Å². The van der Waals surface area contributed by atoms with Gasteiger partial charge in [-0.2, -0.15) is 0 Å². The number of halogens is 1. The van der Waals surface area contributed by atoms with Crippen molar-refractivity contribution >= 4 is 11.6 Å². The Labute approximate surface area is 76.2 Å². The van der Waals surface area contributed by atoms with Gasteiger partial charge in [0, 0.05) is 0 Å². The van der Waals surface area contributed by atoms with Crippen molar-refractivity contribution in [2.75, 3.05) is 0 Å². The van der Waals surface area contributed by atoms with E-state index in [0.717, 1.165) is 30.5 Å². The second-order valence-corrected chi connectivity index (χ2v) is 3.47. The molecule has 1 aromatic rings. The number of aliphatic hydroxyl groups excluding tert-OH is 1. The first-order valence-corrected chi connectivity index (χ1v) is 4.48. The maximum atomic E-state index is 9.56. The number of hydrogen-bond acceptors (Lipinski definition) is 2. The lowest BCUT2D eigenvalue weighted by molar-refractivity contribution is 0.151. The second-order valence-electron chi connectivity index (χ2n) is 3.09. The highest BCUT2D eigenvalue weighted by Gasteiger charge is 2.18. The van der Waals surface area contributed by atoms with Crippen molar-refractivity contribution in [3.8, 4) is 0 Å². The highest BCUT2D eigenvalue weighted by Crippen LogP contribution is 2.28. The third-order valence-corrected chi connectivity index (χ3v) is 2.43. The summed E-state index contributed by atoms with van der Waals surface area (Å²) >= 11 is 5.72. The average molecular weight is 184 g/mol. The number of rotatable bonds is 0. The van der Waals surface area contributed by atoms with Crippen LogP contribution in [0.15, 0.2) is 12.1 Å². The molecule has 2 rings (SSSR count). The molecule has 0 saturated heterocycles. The minimum absolute atomic E-state index is 0.410. The first-order valence-electron chi connectivity index (χ1n) is 4.11. The summed E-state index contributed by atoms with van der Waals surface area (Å²) in [6.07, 6.45) is 2.45. The van der Waals surface area contributed by atoms with E-state index >= 15 is 0 Å². The van der Waals surface area contributed by atoms with E-state index in [9.17, 15) is 5.11 Å². The van der Waals surface area contributed by atoms with Crippen molar-refractivity contribution in [1.29, 1.82) is 0 Å². The van der Waals surface area contributed by atoms with Crippen LogP contribution >= 0.6 is 11.6 Å². The molecule has 0 radical (unpaired) electrons. The SMILES string of the molecule is O[C@H]1CCCc2ccc(Cl)nc21. The molecule has 2 nitrogen and oxygen atoms in total. The van der Waals surface area contributed by atoms with Crippen LogP contribution in [0.1, 0.15) is 30.2 Å². The molecule has 0 aliphatic heterocycles. The molecule has 1 aliphatic rings. The highest BCUT2D eigenvalue weighted by molar-refractivity contribution is 6.29. The van der Waals surface area contributed by atoms with Gasteiger partial charge >= 0.3 is 0 Å². The van der Waals surface area contributed by atoms with E-state index in [-0.39, 0.29) is 0 Å². The van der Waals surface area contributed by atoms with Gasteiger partial charge in [0.05, 0.1) is 11.8 Å². The van der Waals surface area contributed by atoms with Crippen LogP contribution < -0.4 is 0 Å². The first kappa shape index (κ1) is 8.02. The summed E-state index contributed by atoms with van der Waals surface area (Å²) in [6.45, 7) is 0. The Morgan fingerprint density at radius 1 is 1.50 bits per heavy atom. The number of fused-ring (bicyclic) bond motifs is 1. The number of aliphatic hydroxyl groups is 1. The third-order valence-electron chi connectivity index (χ3n) is 2.22. The van der Waals surface area contributed by atoms with Crippen molar-refractivity contribution in [3.63, 3.8) is 0 Å². The lowest BCUT2D eigenvalue weighted by Crippen LogP contribution is -2.11. The zero-order chi connectivity index (χ0) is 8.55. The molecule has 1 heterocycles. The summed E-state index contributed by atoms with van der Waals surface area (Å²) in [4.78, 5) is 4.11. The molecule has 1 aliphatic carbocycles. The van der Waals surface area contributed by atoms with E-state index < -0.39 is 6.10 Å². The molecule has 0 spiro atoms. The Bertz CT molecular complexity index is 301. The van der Waals surface area contributed by atoms with Gasteiger partial charge in [-0.3, -0.25) is 0 Å². The second kappa shape index (κ2) is 3.04. The summed E-state index contributed by atoms with van der Waals surface area (Å²) in [7, 11) is 0. The Morgan fingerprint density at radius 3 is 3.17 bits per heavy atom. The van der Waals surface area contributed by atoms with Crippen LogP contribution in [0.5, 0.6) is 0 Å². The van der Waals surface area contributed by atoms with Gasteiger partial charge in [0.2, 0.25) is 0 Å². The van der Waals surface area contributed by atoms with Crippen molar-refractivity contribution in [3.05, 3.63) is 28.5 Å². The number of aryl methyl sites for hydroxylation is 1. The van der Waals surface area contributed by atoms with Crippen molar-refractivity contribution in [1.82, 2.24) is 4.98 Å². The van der Waals surface area contributed by atoms with E-state index in [0.29, 0.717) is 5.15 Å². The predicted octanol–water partition coefficient (Wildman–Crippen LogP) is 2.10. The zero-order valence-electron chi connectivity index (χ0n) is 6.63. The molecule has 64 valence electrons. The molecule has 0 unspecified atom stereocenters. The van der Waals surface area contributed by atoms with Gasteiger partial charge in [0.15, 0.2) is 0 Å². The minimum atomic E-state index is -0.410. The van der Waals surface area contributed by atoms with Crippen LogP contribution in [0.3, 0.4) is 0 Å². The first-order chi connectivity index (χ1) is 5.77. The molecule has 0 fully saturated rings. The number of pyridine rings is 1. The van der Waals surface area contributed by atoms with Gasteiger partial charge in [-0.25, -0.2) is 4.98 Å². The molecule has 1 aromatic heterocycles. The van der Waals surface area contributed by atoms with E-state index in [1.807, 2.05) is 6.07 Å². The van der Waals surface area contributed by atoms with Crippen LogP contribution in [-0.2, 0) is 6.42 Å². The molecule has 0 amide bonds. The van der Waals surface area contributed by atoms with Gasteiger partial charge in [-0.15, -0.1) is 0 Å². The summed E-state index contributed by atoms with van der Waals surface area (Å²) < 4.78 is 0. The Balaban J connectivity index is 2.47. The lowest BCUT2D eigenvalue weighted by atomic mass is 9.94. The lowest BCUT2D eigenvalue weighted by Gasteiger charge is -2.19. The average Bonchev–Trinajstić information content (AvgIpc) is 2.07. The monoisotopic (exact) mass is 183 g/mol. The molecular formula is C9H10ClNO. The maximum absolute atomic E-state index is 9.56. The third kappa shape index (κ3) is 1.32. The quantitative estimate of drug-likeness (QED) is 0.625. The fourth-order valence-corrected chi connectivity index (χ4v) is 1.76. The number of hydrogen-bond donors (Lipinski definition) is 1. The van der Waals surface area contributed by atoms with Crippen molar-refractivity contribution in [2.24, 2.45) is 0 Å². The Morgan fingerprint density at radius 2 is 2.33 bits per heavy atom.